The number of rotatable bonds is 5. The van der Waals surface area contributed by atoms with Crippen molar-refractivity contribution in [3.05, 3.63) is 34.6 Å². The van der Waals surface area contributed by atoms with E-state index >= 15 is 0 Å². The van der Waals surface area contributed by atoms with Crippen molar-refractivity contribution in [2.24, 2.45) is 11.7 Å². The second-order valence-corrected chi connectivity index (χ2v) is 7.32. The number of hydrogen-bond donors (Lipinski definition) is 1. The van der Waals surface area contributed by atoms with E-state index in [0.717, 1.165) is 44.6 Å². The van der Waals surface area contributed by atoms with Crippen LogP contribution in [0, 0.1) is 11.7 Å². The molecule has 0 spiro atoms. The van der Waals surface area contributed by atoms with E-state index in [2.05, 4.69) is 4.90 Å². The number of benzene rings is 1. The fraction of sp³-hybridized carbons (Fsp3) is 0.556. The Bertz CT molecular complexity index is 656. The van der Waals surface area contributed by atoms with Crippen molar-refractivity contribution in [3.8, 4) is 0 Å². The number of likely N-dealkylation sites (tertiary alicyclic amines) is 2. The highest BCUT2D eigenvalue weighted by molar-refractivity contribution is 6.30. The van der Waals surface area contributed by atoms with Crippen LogP contribution in [0.4, 0.5) is 4.39 Å². The second kappa shape index (κ2) is 7.70. The van der Waals surface area contributed by atoms with Gasteiger partial charge in [-0.2, -0.15) is 0 Å². The molecule has 0 radical (unpaired) electrons. The second-order valence-electron chi connectivity index (χ2n) is 6.91. The summed E-state index contributed by atoms with van der Waals surface area (Å²) >= 11 is 5.76. The molecule has 2 amide bonds. The summed E-state index contributed by atoms with van der Waals surface area (Å²) < 4.78 is 13.1. The van der Waals surface area contributed by atoms with Crippen molar-refractivity contribution in [3.63, 3.8) is 0 Å². The number of nitrogens with two attached hydrogens (primary N) is 1. The zero-order chi connectivity index (χ0) is 18.0. The molecule has 0 unspecified atom stereocenters. The van der Waals surface area contributed by atoms with Crippen LogP contribution in [0.1, 0.15) is 24.8 Å². The highest BCUT2D eigenvalue weighted by atomic mass is 35.5. The predicted octanol–water partition coefficient (Wildman–Crippen LogP) is 1.82. The third-order valence-electron chi connectivity index (χ3n) is 5.27. The summed E-state index contributed by atoms with van der Waals surface area (Å²) in [6.07, 6.45) is 2.58. The first kappa shape index (κ1) is 18.1. The van der Waals surface area contributed by atoms with E-state index in [9.17, 15) is 14.0 Å². The Kier molecular flexibility index (Phi) is 5.59. The van der Waals surface area contributed by atoms with Crippen molar-refractivity contribution >= 4 is 23.4 Å². The molecule has 2 fully saturated rings. The first-order valence-corrected chi connectivity index (χ1v) is 9.07. The van der Waals surface area contributed by atoms with Crippen molar-refractivity contribution < 1.29 is 14.0 Å². The van der Waals surface area contributed by atoms with Crippen molar-refractivity contribution in [2.75, 3.05) is 26.2 Å². The van der Waals surface area contributed by atoms with Gasteiger partial charge in [0.1, 0.15) is 5.82 Å². The molecule has 2 aliphatic heterocycles. The molecule has 0 aromatic heterocycles. The van der Waals surface area contributed by atoms with Crippen LogP contribution in [-0.4, -0.2) is 53.8 Å². The molecular formula is C18H23ClFN3O2. The smallest absolute Gasteiger partial charge is 0.223 e. The van der Waals surface area contributed by atoms with Gasteiger partial charge in [-0.3, -0.25) is 14.5 Å². The number of nitrogens with zero attached hydrogens (tertiary/aromatic N) is 2. The van der Waals surface area contributed by atoms with Crippen LogP contribution in [0.2, 0.25) is 5.02 Å². The zero-order valence-corrected chi connectivity index (χ0v) is 14.8. The lowest BCUT2D eigenvalue weighted by atomic mass is 9.93. The number of aryl methyl sites for hydroxylation is 1. The third kappa shape index (κ3) is 4.30. The minimum absolute atomic E-state index is 0.00315. The molecule has 136 valence electrons. The molecule has 1 aromatic rings. The Hall–Kier alpha value is -1.66. The Labute approximate surface area is 151 Å². The molecule has 2 heterocycles. The van der Waals surface area contributed by atoms with Gasteiger partial charge >= 0.3 is 0 Å². The summed E-state index contributed by atoms with van der Waals surface area (Å²) in [5.74, 6) is -0.534. The number of piperidine rings is 1. The summed E-state index contributed by atoms with van der Waals surface area (Å²) in [4.78, 5) is 27.7. The van der Waals surface area contributed by atoms with Crippen LogP contribution < -0.4 is 5.73 Å². The quantitative estimate of drug-likeness (QED) is 0.863. The number of carbonyl (C=O) groups is 2. The van der Waals surface area contributed by atoms with Gasteiger partial charge in [-0.25, -0.2) is 4.39 Å². The minimum atomic E-state index is -0.442. The molecule has 1 aromatic carbocycles. The van der Waals surface area contributed by atoms with Crippen molar-refractivity contribution in [1.82, 2.24) is 9.80 Å². The monoisotopic (exact) mass is 367 g/mol. The minimum Gasteiger partial charge on any atom is -0.369 e. The van der Waals surface area contributed by atoms with Crippen LogP contribution in [0.5, 0.6) is 0 Å². The van der Waals surface area contributed by atoms with Crippen molar-refractivity contribution in [1.29, 1.82) is 0 Å². The molecule has 0 atom stereocenters. The van der Waals surface area contributed by atoms with E-state index in [1.54, 1.807) is 12.1 Å². The zero-order valence-electron chi connectivity index (χ0n) is 14.1. The summed E-state index contributed by atoms with van der Waals surface area (Å²) in [5, 5.41) is 0.0910. The topological polar surface area (TPSA) is 66.6 Å². The molecule has 7 heteroatoms. The fourth-order valence-corrected chi connectivity index (χ4v) is 3.75. The lowest BCUT2D eigenvalue weighted by Crippen LogP contribution is -2.62. The van der Waals surface area contributed by atoms with Crippen LogP contribution in [0.3, 0.4) is 0 Å². The lowest BCUT2D eigenvalue weighted by molar-refractivity contribution is -0.139. The SMILES string of the molecule is NC(=O)C1CCN(C2CN(C(=O)CCc3ccc(F)c(Cl)c3)C2)CC1. The molecule has 2 N–H and O–H groups in total. The van der Waals surface area contributed by atoms with E-state index in [-0.39, 0.29) is 22.8 Å². The van der Waals surface area contributed by atoms with Gasteiger partial charge in [0.25, 0.3) is 0 Å². The maximum atomic E-state index is 13.1. The van der Waals surface area contributed by atoms with Gasteiger partial charge in [-0.1, -0.05) is 17.7 Å². The summed E-state index contributed by atoms with van der Waals surface area (Å²) in [6.45, 7) is 3.22. The number of amides is 2. The molecular weight excluding hydrogens is 345 g/mol. The number of primary amides is 1. The van der Waals surface area contributed by atoms with Gasteiger partial charge in [0.2, 0.25) is 11.8 Å². The fourth-order valence-electron chi connectivity index (χ4n) is 3.54. The third-order valence-corrected chi connectivity index (χ3v) is 5.56. The Morgan fingerprint density at radius 1 is 1.24 bits per heavy atom. The van der Waals surface area contributed by atoms with Gasteiger partial charge < -0.3 is 10.6 Å². The average molecular weight is 368 g/mol. The van der Waals surface area contributed by atoms with Crippen LogP contribution >= 0.6 is 11.6 Å². The predicted molar refractivity (Wildman–Crippen MR) is 93.6 cm³/mol. The first-order chi connectivity index (χ1) is 11.9. The maximum Gasteiger partial charge on any atom is 0.223 e. The number of carbonyl (C=O) groups excluding carboxylic acids is 2. The van der Waals surface area contributed by atoms with E-state index in [1.807, 2.05) is 4.90 Å². The molecule has 0 bridgehead atoms. The van der Waals surface area contributed by atoms with Gasteiger partial charge in [0.15, 0.2) is 0 Å². The molecule has 2 saturated heterocycles. The number of hydrogen-bond acceptors (Lipinski definition) is 3. The largest absolute Gasteiger partial charge is 0.369 e. The number of halogens is 2. The highest BCUT2D eigenvalue weighted by Crippen LogP contribution is 2.24. The molecule has 0 aliphatic carbocycles. The van der Waals surface area contributed by atoms with E-state index < -0.39 is 5.82 Å². The Morgan fingerprint density at radius 3 is 2.52 bits per heavy atom. The van der Waals surface area contributed by atoms with Crippen molar-refractivity contribution in [2.45, 2.75) is 31.7 Å². The summed E-state index contributed by atoms with van der Waals surface area (Å²) in [5.41, 5.74) is 6.22. The van der Waals surface area contributed by atoms with E-state index in [4.69, 9.17) is 17.3 Å². The normalized spacial score (nSPS) is 19.7. The van der Waals surface area contributed by atoms with E-state index in [1.165, 1.54) is 6.07 Å². The molecule has 5 nitrogen and oxygen atoms in total. The van der Waals surface area contributed by atoms with Gasteiger partial charge in [0, 0.05) is 31.5 Å². The van der Waals surface area contributed by atoms with Crippen LogP contribution in [-0.2, 0) is 16.0 Å². The van der Waals surface area contributed by atoms with Crippen LogP contribution in [0.15, 0.2) is 18.2 Å². The average Bonchev–Trinajstić information content (AvgIpc) is 2.55. The first-order valence-electron chi connectivity index (χ1n) is 8.69. The summed E-state index contributed by atoms with van der Waals surface area (Å²) in [7, 11) is 0. The summed E-state index contributed by atoms with van der Waals surface area (Å²) in [6, 6.07) is 4.96. The van der Waals surface area contributed by atoms with Gasteiger partial charge in [-0.15, -0.1) is 0 Å². The standard InChI is InChI=1S/C18H23ClFN3O2/c19-15-9-12(1-3-16(15)20)2-4-17(24)23-10-14(11-23)22-7-5-13(6-8-22)18(21)25/h1,3,9,13-14H,2,4-8,10-11H2,(H2,21,25). The highest BCUT2D eigenvalue weighted by Gasteiger charge is 2.36. The molecule has 3 rings (SSSR count). The Balaban J connectivity index is 1.40. The maximum absolute atomic E-state index is 13.1. The van der Waals surface area contributed by atoms with E-state index in [0.29, 0.717) is 18.9 Å². The van der Waals surface area contributed by atoms with Gasteiger partial charge in [-0.05, 0) is 50.0 Å². The Morgan fingerprint density at radius 2 is 1.92 bits per heavy atom. The lowest BCUT2D eigenvalue weighted by Gasteiger charge is -2.47. The van der Waals surface area contributed by atoms with Gasteiger partial charge in [0.05, 0.1) is 5.02 Å². The molecule has 0 saturated carbocycles. The van der Waals surface area contributed by atoms with Crippen LogP contribution in [0.25, 0.3) is 0 Å². The molecule has 25 heavy (non-hydrogen) atoms. The molecule has 2 aliphatic rings.